The first-order chi connectivity index (χ1) is 26.9. The molecule has 4 heteroatoms. The molecule has 4 nitrogen and oxygen atoms in total. The maximum atomic E-state index is 11.8. The summed E-state index contributed by atoms with van der Waals surface area (Å²) in [7, 11) is 0. The summed E-state index contributed by atoms with van der Waals surface area (Å²) in [5, 5.41) is 45.6. The van der Waals surface area contributed by atoms with Gasteiger partial charge in [-0.3, -0.25) is 0 Å². The molecule has 0 saturated carbocycles. The molecule has 0 unspecified atom stereocenters. The highest BCUT2D eigenvalue weighted by Gasteiger charge is 2.25. The summed E-state index contributed by atoms with van der Waals surface area (Å²) in [6, 6.07) is 35.7. The molecular formula is C54H60O4. The summed E-state index contributed by atoms with van der Waals surface area (Å²) in [5.74, 6) is 0.547. The van der Waals surface area contributed by atoms with Gasteiger partial charge in [0.05, 0.1) is 0 Å². The molecule has 300 valence electrons. The zero-order chi connectivity index (χ0) is 42.5. The van der Waals surface area contributed by atoms with Gasteiger partial charge in [-0.1, -0.05) is 156 Å². The Balaban J connectivity index is 1.31. The van der Waals surface area contributed by atoms with E-state index in [2.05, 4.69) is 107 Å². The van der Waals surface area contributed by atoms with Gasteiger partial charge in [-0.05, 0) is 115 Å². The first kappa shape index (κ1) is 41.9. The van der Waals surface area contributed by atoms with Crippen LogP contribution < -0.4 is 0 Å². The Hall–Kier alpha value is -5.74. The summed E-state index contributed by atoms with van der Waals surface area (Å²) >= 11 is 0. The van der Waals surface area contributed by atoms with Crippen LogP contribution in [-0.4, -0.2) is 20.4 Å². The van der Waals surface area contributed by atoms with Crippen LogP contribution in [-0.2, 0) is 21.7 Å². The first-order valence-corrected chi connectivity index (χ1v) is 20.2. The number of aromatic hydroxyl groups is 4. The van der Waals surface area contributed by atoms with Crippen molar-refractivity contribution < 1.29 is 20.4 Å². The number of benzene rings is 6. The third kappa shape index (κ3) is 8.87. The van der Waals surface area contributed by atoms with Crippen LogP contribution in [0, 0.1) is 0 Å². The van der Waals surface area contributed by atoms with Crippen LogP contribution in [0.4, 0.5) is 0 Å². The minimum absolute atomic E-state index is 0.121. The van der Waals surface area contributed by atoms with E-state index in [-0.39, 0.29) is 44.7 Å². The second kappa shape index (κ2) is 15.2. The molecule has 6 aromatic rings. The average Bonchev–Trinajstić information content (AvgIpc) is 3.13. The van der Waals surface area contributed by atoms with Gasteiger partial charge in [0.25, 0.3) is 0 Å². The molecule has 4 N–H and O–H groups in total. The van der Waals surface area contributed by atoms with Gasteiger partial charge < -0.3 is 20.4 Å². The van der Waals surface area contributed by atoms with Crippen molar-refractivity contribution in [3.05, 3.63) is 143 Å². The van der Waals surface area contributed by atoms with E-state index in [0.717, 1.165) is 44.5 Å². The molecule has 0 amide bonds. The molecule has 0 bridgehead atoms. The molecule has 6 rings (SSSR count). The van der Waals surface area contributed by atoms with Crippen LogP contribution in [0.2, 0.25) is 0 Å². The van der Waals surface area contributed by atoms with Crippen LogP contribution in [0.1, 0.15) is 116 Å². The Labute approximate surface area is 346 Å². The van der Waals surface area contributed by atoms with E-state index in [4.69, 9.17) is 0 Å². The molecule has 0 radical (unpaired) electrons. The largest absolute Gasteiger partial charge is 0.507 e. The Morgan fingerprint density at radius 2 is 0.586 bits per heavy atom. The summed E-state index contributed by atoms with van der Waals surface area (Å²) in [5.41, 5.74) is 11.3. The van der Waals surface area contributed by atoms with Gasteiger partial charge in [-0.25, -0.2) is 0 Å². The van der Waals surface area contributed by atoms with Crippen LogP contribution in [0.15, 0.2) is 109 Å². The Bertz CT molecular complexity index is 2310. The standard InChI is InChI=1S/C54H60O4/c1-51(2,3)37-23-25-47(55)43(27-37)45-31-39(53(7,8)9)29-41(49(45)57)35-19-15-33(16-20-35)13-14-34-17-21-36(22-18-34)42-30-40(54(10,11)12)32-46(50(42)58)44-28-38(52(4,5)6)24-26-48(44)56/h13-32,55-58H,1-12H3/b14-13-. The summed E-state index contributed by atoms with van der Waals surface area (Å²) in [4.78, 5) is 0. The Morgan fingerprint density at radius 3 is 0.879 bits per heavy atom. The van der Waals surface area contributed by atoms with Crippen molar-refractivity contribution in [2.24, 2.45) is 0 Å². The lowest BCUT2D eigenvalue weighted by atomic mass is 9.81. The van der Waals surface area contributed by atoms with Gasteiger partial charge in [0.2, 0.25) is 0 Å². The minimum Gasteiger partial charge on any atom is -0.507 e. The van der Waals surface area contributed by atoms with E-state index in [9.17, 15) is 20.4 Å². The number of phenolic OH excluding ortho intramolecular Hbond substituents is 4. The molecule has 0 spiro atoms. The molecule has 0 aliphatic rings. The van der Waals surface area contributed by atoms with Crippen molar-refractivity contribution in [3.63, 3.8) is 0 Å². The van der Waals surface area contributed by atoms with Gasteiger partial charge in [0.1, 0.15) is 23.0 Å². The first-order valence-electron chi connectivity index (χ1n) is 20.2. The van der Waals surface area contributed by atoms with Gasteiger partial charge in [-0.15, -0.1) is 0 Å². The zero-order valence-corrected chi connectivity index (χ0v) is 36.3. The molecule has 0 aliphatic carbocycles. The molecule has 6 aromatic carbocycles. The molecule has 0 heterocycles. The Morgan fingerprint density at radius 1 is 0.310 bits per heavy atom. The number of hydrogen-bond donors (Lipinski definition) is 4. The fourth-order valence-corrected chi connectivity index (χ4v) is 7.16. The lowest BCUT2D eigenvalue weighted by Crippen LogP contribution is -2.12. The van der Waals surface area contributed by atoms with E-state index >= 15 is 0 Å². The van der Waals surface area contributed by atoms with Gasteiger partial charge in [0.15, 0.2) is 0 Å². The van der Waals surface area contributed by atoms with Crippen molar-refractivity contribution in [3.8, 4) is 67.5 Å². The summed E-state index contributed by atoms with van der Waals surface area (Å²) in [6.07, 6.45) is 4.12. The average molecular weight is 773 g/mol. The van der Waals surface area contributed by atoms with Crippen molar-refractivity contribution in [2.45, 2.75) is 105 Å². The normalized spacial score (nSPS) is 12.7. The monoisotopic (exact) mass is 772 g/mol. The minimum atomic E-state index is -0.190. The van der Waals surface area contributed by atoms with Gasteiger partial charge >= 0.3 is 0 Å². The SMILES string of the molecule is CC(C)(C)c1ccc(O)c(-c2cc(C(C)(C)C)cc(-c3ccc(/C=C\c4ccc(-c5cc(C(C)(C)C)cc(-c6cc(C(C)(C)C)ccc6O)c5O)cc4)cc3)c2O)c1. The molecule has 0 atom stereocenters. The van der Waals surface area contributed by atoms with E-state index in [0.29, 0.717) is 33.4 Å². The molecule has 0 saturated heterocycles. The highest BCUT2D eigenvalue weighted by Crippen LogP contribution is 2.47. The predicted octanol–water partition coefficient (Wildman–Crippen LogP) is 14.5. The van der Waals surface area contributed by atoms with E-state index in [1.165, 1.54) is 0 Å². The smallest absolute Gasteiger partial charge is 0.131 e. The number of hydrogen-bond acceptors (Lipinski definition) is 4. The maximum Gasteiger partial charge on any atom is 0.131 e. The molecule has 58 heavy (non-hydrogen) atoms. The van der Waals surface area contributed by atoms with Crippen molar-refractivity contribution in [1.29, 1.82) is 0 Å². The third-order valence-electron chi connectivity index (χ3n) is 11.2. The van der Waals surface area contributed by atoms with Crippen molar-refractivity contribution in [1.82, 2.24) is 0 Å². The second-order valence-electron chi connectivity index (χ2n) is 19.9. The van der Waals surface area contributed by atoms with Crippen LogP contribution in [0.5, 0.6) is 23.0 Å². The third-order valence-corrected chi connectivity index (χ3v) is 11.2. The maximum absolute atomic E-state index is 11.8. The van der Waals surface area contributed by atoms with Crippen molar-refractivity contribution in [2.75, 3.05) is 0 Å². The molecule has 0 aliphatic heterocycles. The highest BCUT2D eigenvalue weighted by molar-refractivity contribution is 5.88. The lowest BCUT2D eigenvalue weighted by molar-refractivity contribution is 0.468. The number of phenols is 4. The van der Waals surface area contributed by atoms with Gasteiger partial charge in [0, 0.05) is 33.4 Å². The van der Waals surface area contributed by atoms with Crippen LogP contribution in [0.25, 0.3) is 56.7 Å². The van der Waals surface area contributed by atoms with E-state index in [1.54, 1.807) is 12.1 Å². The van der Waals surface area contributed by atoms with E-state index in [1.807, 2.05) is 84.9 Å². The van der Waals surface area contributed by atoms with E-state index < -0.39 is 0 Å². The summed E-state index contributed by atoms with van der Waals surface area (Å²) < 4.78 is 0. The van der Waals surface area contributed by atoms with Gasteiger partial charge in [-0.2, -0.15) is 0 Å². The number of rotatable bonds is 6. The molecular weight excluding hydrogens is 713 g/mol. The van der Waals surface area contributed by atoms with Crippen LogP contribution in [0.3, 0.4) is 0 Å². The Kier molecular flexibility index (Phi) is 11.0. The topological polar surface area (TPSA) is 80.9 Å². The van der Waals surface area contributed by atoms with Crippen LogP contribution >= 0.6 is 0 Å². The highest BCUT2D eigenvalue weighted by atomic mass is 16.3. The zero-order valence-electron chi connectivity index (χ0n) is 36.3. The fraction of sp³-hybridized carbons (Fsp3) is 0.296. The quantitative estimate of drug-likeness (QED) is 0.127. The fourth-order valence-electron chi connectivity index (χ4n) is 7.16. The lowest BCUT2D eigenvalue weighted by Gasteiger charge is -2.24. The summed E-state index contributed by atoms with van der Waals surface area (Å²) in [6.45, 7) is 25.8. The van der Waals surface area contributed by atoms with Crippen molar-refractivity contribution >= 4 is 12.2 Å². The molecule has 0 aromatic heterocycles. The second-order valence-corrected chi connectivity index (χ2v) is 19.9. The molecule has 0 fully saturated rings. The predicted molar refractivity (Wildman–Crippen MR) is 245 cm³/mol.